The smallest absolute Gasteiger partial charge is 0.236 e. The summed E-state index contributed by atoms with van der Waals surface area (Å²) in [6.45, 7) is 0. The van der Waals surface area contributed by atoms with E-state index in [4.69, 9.17) is 4.42 Å². The molecule has 1 aliphatic heterocycles. The molecule has 0 bridgehead atoms. The van der Waals surface area contributed by atoms with E-state index in [-0.39, 0.29) is 17.4 Å². The van der Waals surface area contributed by atoms with E-state index in [0.29, 0.717) is 33.5 Å². The summed E-state index contributed by atoms with van der Waals surface area (Å²) in [5.41, 5.74) is 1.82. The van der Waals surface area contributed by atoms with E-state index in [0.717, 1.165) is 18.5 Å². The summed E-state index contributed by atoms with van der Waals surface area (Å²) in [5, 5.41) is 18.7. The van der Waals surface area contributed by atoms with E-state index in [1.54, 1.807) is 23.7 Å². The molecule has 2 aromatic heterocycles. The highest BCUT2D eigenvalue weighted by molar-refractivity contribution is 8.03. The monoisotopic (exact) mass is 412 g/mol. The summed E-state index contributed by atoms with van der Waals surface area (Å²) >= 11 is 2.58. The number of carbonyl (C=O) groups is 2. The lowest BCUT2D eigenvalue weighted by Crippen LogP contribution is -2.31. The molecular formula is C19H16N4O3S2. The second-order valence-electron chi connectivity index (χ2n) is 6.27. The van der Waals surface area contributed by atoms with Gasteiger partial charge in [0.05, 0.1) is 34.6 Å². The van der Waals surface area contributed by atoms with Crippen molar-refractivity contribution in [3.8, 4) is 6.07 Å². The van der Waals surface area contributed by atoms with Gasteiger partial charge >= 0.3 is 0 Å². The van der Waals surface area contributed by atoms with Crippen molar-refractivity contribution in [3.63, 3.8) is 0 Å². The molecule has 0 unspecified atom stereocenters. The number of thiazole rings is 1. The largest absolute Gasteiger partial charge is 0.468 e. The number of rotatable bonds is 5. The Kier molecular flexibility index (Phi) is 5.32. The SMILES string of the molecule is N#CC1=C(SCC(=O)Nc2nccs2)NC2=C(C(=O)CCC2)[C@H]1c1ccco1. The van der Waals surface area contributed by atoms with E-state index in [2.05, 4.69) is 21.7 Å². The van der Waals surface area contributed by atoms with Crippen LogP contribution < -0.4 is 10.6 Å². The number of Topliss-reactive ketones (excluding diaryl/α,β-unsaturated/α-hetero) is 1. The molecule has 28 heavy (non-hydrogen) atoms. The van der Waals surface area contributed by atoms with Crippen molar-refractivity contribution in [2.24, 2.45) is 0 Å². The van der Waals surface area contributed by atoms with Gasteiger partial charge in [-0.1, -0.05) is 11.8 Å². The van der Waals surface area contributed by atoms with Gasteiger partial charge in [0, 0.05) is 29.3 Å². The Morgan fingerprint density at radius 2 is 2.39 bits per heavy atom. The molecule has 1 atom stereocenters. The molecule has 0 radical (unpaired) electrons. The van der Waals surface area contributed by atoms with Crippen LogP contribution in [0.4, 0.5) is 5.13 Å². The van der Waals surface area contributed by atoms with Gasteiger partial charge in [-0.2, -0.15) is 5.26 Å². The number of furan rings is 1. The van der Waals surface area contributed by atoms with E-state index < -0.39 is 5.92 Å². The molecule has 0 aromatic carbocycles. The van der Waals surface area contributed by atoms with Crippen LogP contribution in [-0.2, 0) is 9.59 Å². The number of ketones is 1. The maximum absolute atomic E-state index is 12.6. The molecule has 9 heteroatoms. The Balaban J connectivity index is 1.60. The van der Waals surface area contributed by atoms with Crippen molar-refractivity contribution in [2.45, 2.75) is 25.2 Å². The average Bonchev–Trinajstić information content (AvgIpc) is 3.39. The van der Waals surface area contributed by atoms with Gasteiger partial charge in [-0.25, -0.2) is 4.98 Å². The number of dihydropyridines is 1. The van der Waals surface area contributed by atoms with Crippen molar-refractivity contribution in [1.82, 2.24) is 10.3 Å². The summed E-state index contributed by atoms with van der Waals surface area (Å²) in [7, 11) is 0. The number of allylic oxidation sites excluding steroid dienone is 3. The minimum atomic E-state index is -0.534. The molecule has 142 valence electrons. The Morgan fingerprint density at radius 1 is 1.50 bits per heavy atom. The number of carbonyl (C=O) groups excluding carboxylic acids is 2. The summed E-state index contributed by atoms with van der Waals surface area (Å²) < 4.78 is 5.55. The zero-order chi connectivity index (χ0) is 19.5. The first-order chi connectivity index (χ1) is 13.7. The Morgan fingerprint density at radius 3 is 3.11 bits per heavy atom. The molecule has 2 N–H and O–H groups in total. The number of thioether (sulfide) groups is 1. The highest BCUT2D eigenvalue weighted by Crippen LogP contribution is 2.44. The molecule has 1 amide bonds. The third-order valence-electron chi connectivity index (χ3n) is 4.52. The summed E-state index contributed by atoms with van der Waals surface area (Å²) in [5.74, 6) is -0.0251. The van der Waals surface area contributed by atoms with E-state index >= 15 is 0 Å². The Hall–Kier alpha value is -2.83. The van der Waals surface area contributed by atoms with Gasteiger partial charge in [-0.15, -0.1) is 11.3 Å². The molecular weight excluding hydrogens is 396 g/mol. The minimum Gasteiger partial charge on any atom is -0.468 e. The van der Waals surface area contributed by atoms with E-state index in [1.165, 1.54) is 29.4 Å². The fraction of sp³-hybridized carbons (Fsp3) is 0.263. The second-order valence-corrected chi connectivity index (χ2v) is 8.15. The third-order valence-corrected chi connectivity index (χ3v) is 6.22. The molecule has 7 nitrogen and oxygen atoms in total. The van der Waals surface area contributed by atoms with Crippen LogP contribution in [-0.4, -0.2) is 22.4 Å². The van der Waals surface area contributed by atoms with E-state index in [9.17, 15) is 14.9 Å². The standard InChI is InChI=1S/C19H16N4O3S2/c20-9-11-16(14-5-2-7-26-14)17-12(3-1-4-13(17)24)22-18(11)28-10-15(25)23-19-21-6-8-27-19/h2,5-8,16,22H,1,3-4,10H2,(H,21,23,25)/t16-/m1/s1. The minimum absolute atomic E-state index is 0.0356. The van der Waals surface area contributed by atoms with Crippen molar-refractivity contribution in [3.05, 3.63) is 57.6 Å². The van der Waals surface area contributed by atoms with Crippen molar-refractivity contribution in [2.75, 3.05) is 11.1 Å². The number of nitriles is 1. The lowest BCUT2D eigenvalue weighted by molar-refractivity contribution is -0.116. The van der Waals surface area contributed by atoms with Gasteiger partial charge in [-0.05, 0) is 25.0 Å². The molecule has 1 aliphatic carbocycles. The molecule has 2 aliphatic rings. The van der Waals surface area contributed by atoms with E-state index in [1.807, 2.05) is 0 Å². The first-order valence-corrected chi connectivity index (χ1v) is 10.6. The van der Waals surface area contributed by atoms with Crippen LogP contribution >= 0.6 is 23.1 Å². The molecule has 4 rings (SSSR count). The number of amides is 1. The first-order valence-electron chi connectivity index (χ1n) is 8.70. The maximum Gasteiger partial charge on any atom is 0.236 e. The Bertz CT molecular complexity index is 1000. The van der Waals surface area contributed by atoms with Gasteiger partial charge in [-0.3, -0.25) is 9.59 Å². The zero-order valence-corrected chi connectivity index (χ0v) is 16.4. The van der Waals surface area contributed by atoms with Gasteiger partial charge < -0.3 is 15.1 Å². The predicted molar refractivity (Wildman–Crippen MR) is 106 cm³/mol. The molecule has 0 spiro atoms. The molecule has 0 saturated heterocycles. The van der Waals surface area contributed by atoms with Crippen molar-refractivity contribution >= 4 is 39.9 Å². The summed E-state index contributed by atoms with van der Waals surface area (Å²) in [6, 6.07) is 5.74. The fourth-order valence-electron chi connectivity index (χ4n) is 3.36. The molecule has 0 fully saturated rings. The quantitative estimate of drug-likeness (QED) is 0.773. The van der Waals surface area contributed by atoms with Crippen LogP contribution in [0.1, 0.15) is 30.9 Å². The zero-order valence-electron chi connectivity index (χ0n) is 14.7. The third kappa shape index (κ3) is 3.61. The average molecular weight is 412 g/mol. The number of nitrogens with one attached hydrogen (secondary N) is 2. The fourth-order valence-corrected chi connectivity index (χ4v) is 4.76. The van der Waals surface area contributed by atoms with Gasteiger partial charge in [0.25, 0.3) is 0 Å². The van der Waals surface area contributed by atoms with Crippen LogP contribution in [0, 0.1) is 11.3 Å². The number of nitrogens with zero attached hydrogens (tertiary/aromatic N) is 2. The van der Waals surface area contributed by atoms with Gasteiger partial charge in [0.2, 0.25) is 5.91 Å². The second kappa shape index (κ2) is 8.04. The molecule has 3 heterocycles. The summed E-state index contributed by atoms with van der Waals surface area (Å²) in [6.07, 6.45) is 5.12. The highest BCUT2D eigenvalue weighted by Gasteiger charge is 2.38. The van der Waals surface area contributed by atoms with Crippen LogP contribution in [0.2, 0.25) is 0 Å². The maximum atomic E-state index is 12.6. The predicted octanol–water partition coefficient (Wildman–Crippen LogP) is 3.54. The van der Waals surface area contributed by atoms with Crippen LogP contribution in [0.3, 0.4) is 0 Å². The van der Waals surface area contributed by atoms with Crippen molar-refractivity contribution < 1.29 is 14.0 Å². The number of aromatic nitrogens is 1. The summed E-state index contributed by atoms with van der Waals surface area (Å²) in [4.78, 5) is 28.8. The highest BCUT2D eigenvalue weighted by atomic mass is 32.2. The lowest BCUT2D eigenvalue weighted by Gasteiger charge is -2.32. The van der Waals surface area contributed by atoms with Crippen LogP contribution in [0.5, 0.6) is 0 Å². The van der Waals surface area contributed by atoms with Crippen LogP contribution in [0.15, 0.2) is 56.3 Å². The number of hydrogen-bond acceptors (Lipinski definition) is 8. The number of hydrogen-bond donors (Lipinski definition) is 2. The van der Waals surface area contributed by atoms with Crippen molar-refractivity contribution in [1.29, 1.82) is 5.26 Å². The topological polar surface area (TPSA) is 108 Å². The van der Waals surface area contributed by atoms with Gasteiger partial charge in [0.1, 0.15) is 5.76 Å². The lowest BCUT2D eigenvalue weighted by atomic mass is 9.79. The van der Waals surface area contributed by atoms with Gasteiger partial charge in [0.15, 0.2) is 10.9 Å². The Labute approximate surface area is 169 Å². The molecule has 2 aromatic rings. The first kappa shape index (κ1) is 18.5. The van der Waals surface area contributed by atoms with Crippen LogP contribution in [0.25, 0.3) is 0 Å². The normalized spacial score (nSPS) is 19.1. The molecule has 0 saturated carbocycles. The number of anilines is 1.